The van der Waals surface area contributed by atoms with Gasteiger partial charge in [0, 0.05) is 0 Å². The normalized spacial score (nSPS) is 16.4. The highest BCUT2D eigenvalue weighted by atomic mass is 16.1. The SMILES string of the molecule is CC[C@@H](C)[C@H](C[NH3+])C(C)=O. The number of carbonyl (C=O) groups excluding carboxylic acids is 1. The van der Waals surface area contributed by atoms with Crippen molar-refractivity contribution in [3.05, 3.63) is 0 Å². The fourth-order valence-corrected chi connectivity index (χ4v) is 1.17. The zero-order valence-corrected chi connectivity index (χ0v) is 7.18. The lowest BCUT2D eigenvalue weighted by molar-refractivity contribution is -0.378. The molecule has 0 radical (unpaired) electrons. The topological polar surface area (TPSA) is 44.7 Å². The molecule has 0 heterocycles. The van der Waals surface area contributed by atoms with Gasteiger partial charge in [0.1, 0.15) is 5.78 Å². The van der Waals surface area contributed by atoms with Crippen molar-refractivity contribution in [1.29, 1.82) is 0 Å². The van der Waals surface area contributed by atoms with Crippen molar-refractivity contribution in [2.75, 3.05) is 6.54 Å². The van der Waals surface area contributed by atoms with Gasteiger partial charge >= 0.3 is 0 Å². The summed E-state index contributed by atoms with van der Waals surface area (Å²) in [6, 6.07) is 0. The van der Waals surface area contributed by atoms with Crippen molar-refractivity contribution in [1.82, 2.24) is 0 Å². The summed E-state index contributed by atoms with van der Waals surface area (Å²) in [6.07, 6.45) is 1.07. The molecule has 0 saturated carbocycles. The molecule has 0 rings (SSSR count). The first kappa shape index (κ1) is 9.63. The highest BCUT2D eigenvalue weighted by Gasteiger charge is 2.19. The van der Waals surface area contributed by atoms with E-state index in [2.05, 4.69) is 19.6 Å². The van der Waals surface area contributed by atoms with E-state index in [-0.39, 0.29) is 11.7 Å². The lowest BCUT2D eigenvalue weighted by Crippen LogP contribution is -2.56. The van der Waals surface area contributed by atoms with E-state index in [4.69, 9.17) is 0 Å². The summed E-state index contributed by atoms with van der Waals surface area (Å²) in [6.45, 7) is 6.61. The first-order chi connectivity index (χ1) is 4.63. The summed E-state index contributed by atoms with van der Waals surface area (Å²) < 4.78 is 0. The van der Waals surface area contributed by atoms with Crippen molar-refractivity contribution >= 4 is 5.78 Å². The van der Waals surface area contributed by atoms with Gasteiger partial charge in [-0.1, -0.05) is 20.3 Å². The fraction of sp³-hybridized carbons (Fsp3) is 0.875. The third-order valence-electron chi connectivity index (χ3n) is 2.16. The van der Waals surface area contributed by atoms with Crippen LogP contribution in [-0.4, -0.2) is 12.3 Å². The number of carbonyl (C=O) groups is 1. The lowest BCUT2D eigenvalue weighted by Gasteiger charge is -2.15. The monoisotopic (exact) mass is 144 g/mol. The van der Waals surface area contributed by atoms with E-state index in [9.17, 15) is 4.79 Å². The van der Waals surface area contributed by atoms with Gasteiger partial charge in [0.25, 0.3) is 0 Å². The average molecular weight is 144 g/mol. The zero-order chi connectivity index (χ0) is 8.15. The summed E-state index contributed by atoms with van der Waals surface area (Å²) in [5.41, 5.74) is 3.76. The molecular formula is C8H18NO+. The van der Waals surface area contributed by atoms with E-state index in [1.807, 2.05) is 0 Å². The number of hydrogen-bond donors (Lipinski definition) is 1. The largest absolute Gasteiger partial charge is 0.357 e. The fourth-order valence-electron chi connectivity index (χ4n) is 1.17. The Morgan fingerprint density at radius 1 is 1.60 bits per heavy atom. The van der Waals surface area contributed by atoms with Gasteiger partial charge in [-0.15, -0.1) is 0 Å². The minimum atomic E-state index is 0.185. The van der Waals surface area contributed by atoms with Crippen LogP contribution < -0.4 is 5.73 Å². The van der Waals surface area contributed by atoms with Crippen LogP contribution in [0.5, 0.6) is 0 Å². The van der Waals surface area contributed by atoms with Crippen LogP contribution in [0.4, 0.5) is 0 Å². The molecule has 0 aliphatic rings. The van der Waals surface area contributed by atoms with Gasteiger partial charge in [-0.25, -0.2) is 0 Å². The van der Waals surface area contributed by atoms with Crippen molar-refractivity contribution in [3.63, 3.8) is 0 Å². The van der Waals surface area contributed by atoms with E-state index in [0.717, 1.165) is 13.0 Å². The van der Waals surface area contributed by atoms with Gasteiger partial charge in [-0.05, 0) is 12.8 Å². The first-order valence-corrected chi connectivity index (χ1v) is 3.93. The molecule has 0 bridgehead atoms. The minimum absolute atomic E-state index is 0.185. The molecular weight excluding hydrogens is 126 g/mol. The summed E-state index contributed by atoms with van der Waals surface area (Å²) in [7, 11) is 0. The van der Waals surface area contributed by atoms with Crippen molar-refractivity contribution in [2.24, 2.45) is 11.8 Å². The molecule has 10 heavy (non-hydrogen) atoms. The quantitative estimate of drug-likeness (QED) is 0.613. The van der Waals surface area contributed by atoms with E-state index in [0.29, 0.717) is 5.92 Å². The molecule has 3 N–H and O–H groups in total. The summed E-state index contributed by atoms with van der Waals surface area (Å²) in [4.78, 5) is 10.9. The molecule has 0 aromatic rings. The Balaban J connectivity index is 3.92. The molecule has 0 saturated heterocycles. The highest BCUT2D eigenvalue weighted by molar-refractivity contribution is 5.78. The number of hydrogen-bond acceptors (Lipinski definition) is 1. The third-order valence-corrected chi connectivity index (χ3v) is 2.16. The van der Waals surface area contributed by atoms with Crippen LogP contribution in [-0.2, 0) is 4.79 Å². The number of quaternary nitrogens is 1. The van der Waals surface area contributed by atoms with Gasteiger partial charge in [0.15, 0.2) is 0 Å². The number of Topliss-reactive ketones (excluding diaryl/α,β-unsaturated/α-hetero) is 1. The van der Waals surface area contributed by atoms with Gasteiger partial charge < -0.3 is 5.73 Å². The van der Waals surface area contributed by atoms with E-state index in [1.165, 1.54) is 0 Å². The van der Waals surface area contributed by atoms with Crippen molar-refractivity contribution in [3.8, 4) is 0 Å². The number of ketones is 1. The Labute approximate surface area is 62.8 Å². The summed E-state index contributed by atoms with van der Waals surface area (Å²) >= 11 is 0. The Morgan fingerprint density at radius 2 is 2.10 bits per heavy atom. The maximum absolute atomic E-state index is 10.9. The second-order valence-corrected chi connectivity index (χ2v) is 2.89. The lowest BCUT2D eigenvalue weighted by atomic mass is 9.89. The molecule has 0 spiro atoms. The van der Waals surface area contributed by atoms with E-state index >= 15 is 0 Å². The van der Waals surface area contributed by atoms with Crippen LogP contribution in [0.2, 0.25) is 0 Å². The van der Waals surface area contributed by atoms with Crippen molar-refractivity contribution < 1.29 is 10.5 Å². The maximum atomic E-state index is 10.9. The Bertz CT molecular complexity index is 112. The highest BCUT2D eigenvalue weighted by Crippen LogP contribution is 2.13. The first-order valence-electron chi connectivity index (χ1n) is 3.93. The average Bonchev–Trinajstić information content (AvgIpc) is 1.88. The second kappa shape index (κ2) is 4.45. The number of rotatable bonds is 4. The van der Waals surface area contributed by atoms with Gasteiger partial charge in [0.2, 0.25) is 0 Å². The Kier molecular flexibility index (Phi) is 4.28. The van der Waals surface area contributed by atoms with Gasteiger partial charge in [-0.3, -0.25) is 4.79 Å². The summed E-state index contributed by atoms with van der Waals surface area (Å²) in [5.74, 6) is 0.962. The zero-order valence-electron chi connectivity index (χ0n) is 7.18. The Hall–Kier alpha value is -0.370. The molecule has 2 heteroatoms. The van der Waals surface area contributed by atoms with Crippen LogP contribution in [0.1, 0.15) is 27.2 Å². The molecule has 60 valence electrons. The van der Waals surface area contributed by atoms with Crippen LogP contribution in [0.25, 0.3) is 0 Å². The van der Waals surface area contributed by atoms with Gasteiger partial charge in [-0.2, -0.15) is 0 Å². The summed E-state index contributed by atoms with van der Waals surface area (Å²) in [5, 5.41) is 0. The third kappa shape index (κ3) is 2.48. The van der Waals surface area contributed by atoms with Crippen LogP contribution in [0.15, 0.2) is 0 Å². The molecule has 0 amide bonds. The standard InChI is InChI=1S/C8H17NO/c1-4-6(2)8(5-9)7(3)10/h6,8H,4-5,9H2,1-3H3/p+1/t6-,8+/m1/s1. The molecule has 0 aromatic carbocycles. The second-order valence-electron chi connectivity index (χ2n) is 2.89. The predicted molar refractivity (Wildman–Crippen MR) is 41.4 cm³/mol. The molecule has 0 aromatic heterocycles. The Morgan fingerprint density at radius 3 is 2.20 bits per heavy atom. The van der Waals surface area contributed by atoms with E-state index < -0.39 is 0 Å². The van der Waals surface area contributed by atoms with Crippen LogP contribution in [0, 0.1) is 11.8 Å². The molecule has 0 unspecified atom stereocenters. The molecule has 0 aliphatic heterocycles. The van der Waals surface area contributed by atoms with E-state index in [1.54, 1.807) is 6.92 Å². The predicted octanol–water partition coefficient (Wildman–Crippen LogP) is 0.480. The molecule has 0 aliphatic carbocycles. The van der Waals surface area contributed by atoms with Crippen LogP contribution >= 0.6 is 0 Å². The van der Waals surface area contributed by atoms with Gasteiger partial charge in [0.05, 0.1) is 12.5 Å². The molecule has 2 nitrogen and oxygen atoms in total. The molecule has 2 atom stereocenters. The maximum Gasteiger partial charge on any atom is 0.138 e. The minimum Gasteiger partial charge on any atom is -0.357 e. The van der Waals surface area contributed by atoms with Crippen LogP contribution in [0.3, 0.4) is 0 Å². The molecule has 0 fully saturated rings. The smallest absolute Gasteiger partial charge is 0.138 e. The van der Waals surface area contributed by atoms with Crippen molar-refractivity contribution in [2.45, 2.75) is 27.2 Å².